The lowest BCUT2D eigenvalue weighted by Crippen LogP contribution is -2.00. The Kier molecular flexibility index (Phi) is 2.07. The van der Waals surface area contributed by atoms with Gasteiger partial charge in [0.05, 0.1) is 0 Å². The van der Waals surface area contributed by atoms with Crippen LogP contribution in [0.5, 0.6) is 17.2 Å². The van der Waals surface area contributed by atoms with Gasteiger partial charge in [0.25, 0.3) is 0 Å². The molecule has 1 heterocycles. The fourth-order valence-electron chi connectivity index (χ4n) is 1.91. The van der Waals surface area contributed by atoms with E-state index in [1.54, 1.807) is 0 Å². The topological polar surface area (TPSA) is 18.5 Å². The fourth-order valence-corrected chi connectivity index (χ4v) is 1.91. The smallest absolute Gasteiger partial charge is 0.169 e. The van der Waals surface area contributed by atoms with Crippen LogP contribution in [0.25, 0.3) is 0 Å². The highest BCUT2D eigenvalue weighted by Gasteiger charge is 2.20. The molecule has 0 spiro atoms. The van der Waals surface area contributed by atoms with Crippen LogP contribution in [0.4, 0.5) is 0 Å². The monoisotopic (exact) mass is 212 g/mol. The quantitative estimate of drug-likeness (QED) is 0.658. The van der Waals surface area contributed by atoms with Crippen LogP contribution < -0.4 is 9.47 Å². The predicted molar refractivity (Wildman–Crippen MR) is 62.0 cm³/mol. The summed E-state index contributed by atoms with van der Waals surface area (Å²) in [7, 11) is 0. The number of para-hydroxylation sites is 3. The minimum Gasteiger partial charge on any atom is -0.482 e. The number of rotatable bonds is 0. The van der Waals surface area contributed by atoms with Crippen molar-refractivity contribution in [2.45, 2.75) is 13.0 Å². The van der Waals surface area contributed by atoms with Gasteiger partial charge in [-0.05, 0) is 25.1 Å². The van der Waals surface area contributed by atoms with Crippen LogP contribution >= 0.6 is 0 Å². The first-order chi connectivity index (χ1) is 7.84. The van der Waals surface area contributed by atoms with Crippen molar-refractivity contribution >= 4 is 0 Å². The summed E-state index contributed by atoms with van der Waals surface area (Å²) in [6, 6.07) is 15.7. The Morgan fingerprint density at radius 1 is 0.812 bits per heavy atom. The summed E-state index contributed by atoms with van der Waals surface area (Å²) in [4.78, 5) is 0. The molecular formula is C14H12O2. The normalized spacial score (nSPS) is 17.4. The van der Waals surface area contributed by atoms with E-state index in [1.165, 1.54) is 0 Å². The van der Waals surface area contributed by atoms with E-state index >= 15 is 0 Å². The van der Waals surface area contributed by atoms with Crippen molar-refractivity contribution in [3.05, 3.63) is 54.1 Å². The maximum Gasteiger partial charge on any atom is 0.169 e. The predicted octanol–water partition coefficient (Wildman–Crippen LogP) is 3.93. The summed E-state index contributed by atoms with van der Waals surface area (Å²) in [5.41, 5.74) is 1.08. The first-order valence-electron chi connectivity index (χ1n) is 5.37. The van der Waals surface area contributed by atoms with E-state index in [-0.39, 0.29) is 6.10 Å². The molecule has 0 saturated heterocycles. The van der Waals surface area contributed by atoms with E-state index in [0.717, 1.165) is 22.8 Å². The van der Waals surface area contributed by atoms with Crippen LogP contribution in [0.2, 0.25) is 0 Å². The summed E-state index contributed by atoms with van der Waals surface area (Å²) < 4.78 is 11.7. The molecule has 1 unspecified atom stereocenters. The third-order valence-corrected chi connectivity index (χ3v) is 2.73. The summed E-state index contributed by atoms with van der Waals surface area (Å²) >= 11 is 0. The number of benzene rings is 2. The van der Waals surface area contributed by atoms with Gasteiger partial charge in [-0.1, -0.05) is 30.3 Å². The molecule has 3 rings (SSSR count). The Morgan fingerprint density at radius 2 is 1.44 bits per heavy atom. The van der Waals surface area contributed by atoms with Gasteiger partial charge in [0.2, 0.25) is 0 Å². The average molecular weight is 212 g/mol. The molecule has 16 heavy (non-hydrogen) atoms. The number of ether oxygens (including phenoxy) is 2. The second-order valence-electron chi connectivity index (χ2n) is 3.85. The van der Waals surface area contributed by atoms with Gasteiger partial charge in [0.1, 0.15) is 11.9 Å². The highest BCUT2D eigenvalue weighted by atomic mass is 16.5. The van der Waals surface area contributed by atoms with Crippen LogP contribution in [0.3, 0.4) is 0 Å². The van der Waals surface area contributed by atoms with Crippen LogP contribution in [0.1, 0.15) is 18.6 Å². The number of fused-ring (bicyclic) bond motifs is 2. The van der Waals surface area contributed by atoms with Gasteiger partial charge in [0, 0.05) is 5.56 Å². The van der Waals surface area contributed by atoms with Crippen molar-refractivity contribution < 1.29 is 9.47 Å². The molecule has 0 aliphatic carbocycles. The molecule has 0 aromatic heterocycles. The molecule has 0 radical (unpaired) electrons. The van der Waals surface area contributed by atoms with Crippen LogP contribution in [-0.4, -0.2) is 0 Å². The molecule has 0 N–H and O–H groups in total. The van der Waals surface area contributed by atoms with Gasteiger partial charge in [-0.15, -0.1) is 0 Å². The van der Waals surface area contributed by atoms with E-state index in [1.807, 2.05) is 55.5 Å². The Bertz CT molecular complexity index is 520. The van der Waals surface area contributed by atoms with Crippen LogP contribution in [0, 0.1) is 0 Å². The molecule has 0 bridgehead atoms. The van der Waals surface area contributed by atoms with E-state index < -0.39 is 0 Å². The maximum atomic E-state index is 5.86. The van der Waals surface area contributed by atoms with Crippen LogP contribution in [0.15, 0.2) is 48.5 Å². The van der Waals surface area contributed by atoms with E-state index in [4.69, 9.17) is 9.47 Å². The van der Waals surface area contributed by atoms with Crippen molar-refractivity contribution in [1.82, 2.24) is 0 Å². The van der Waals surface area contributed by atoms with Crippen molar-refractivity contribution in [2.24, 2.45) is 0 Å². The summed E-state index contributed by atoms with van der Waals surface area (Å²) in [5.74, 6) is 2.45. The second kappa shape index (κ2) is 3.56. The van der Waals surface area contributed by atoms with Gasteiger partial charge in [0.15, 0.2) is 11.5 Å². The highest BCUT2D eigenvalue weighted by Crippen LogP contribution is 2.41. The molecule has 2 aromatic rings. The molecule has 0 saturated carbocycles. The molecule has 1 atom stereocenters. The molecule has 2 heteroatoms. The molecule has 0 fully saturated rings. The highest BCUT2D eigenvalue weighted by molar-refractivity contribution is 5.48. The lowest BCUT2D eigenvalue weighted by molar-refractivity contribution is 0.229. The molecule has 2 nitrogen and oxygen atoms in total. The number of hydrogen-bond donors (Lipinski definition) is 0. The van der Waals surface area contributed by atoms with Gasteiger partial charge < -0.3 is 9.47 Å². The van der Waals surface area contributed by atoms with Crippen molar-refractivity contribution in [3.63, 3.8) is 0 Å². The minimum absolute atomic E-state index is 0.0137. The van der Waals surface area contributed by atoms with Crippen molar-refractivity contribution in [3.8, 4) is 17.2 Å². The molecule has 1 aliphatic rings. The standard InChI is InChI=1S/C14H12O2/c1-10-11-6-2-3-7-12(11)16-14-9-5-4-8-13(14)15-10/h2-10H,1H3. The zero-order chi connectivity index (χ0) is 11.0. The fraction of sp³-hybridized carbons (Fsp3) is 0.143. The third-order valence-electron chi connectivity index (χ3n) is 2.73. The Labute approximate surface area is 94.4 Å². The first-order valence-corrected chi connectivity index (χ1v) is 5.37. The van der Waals surface area contributed by atoms with Gasteiger partial charge >= 0.3 is 0 Å². The zero-order valence-corrected chi connectivity index (χ0v) is 9.01. The molecule has 80 valence electrons. The molecule has 2 aromatic carbocycles. The van der Waals surface area contributed by atoms with Crippen molar-refractivity contribution in [1.29, 1.82) is 0 Å². The van der Waals surface area contributed by atoms with E-state index in [2.05, 4.69) is 0 Å². The van der Waals surface area contributed by atoms with E-state index in [9.17, 15) is 0 Å². The molecule has 0 amide bonds. The van der Waals surface area contributed by atoms with Gasteiger partial charge in [-0.3, -0.25) is 0 Å². The van der Waals surface area contributed by atoms with Gasteiger partial charge in [-0.2, -0.15) is 0 Å². The first kappa shape index (κ1) is 9.28. The lowest BCUT2D eigenvalue weighted by atomic mass is 10.1. The zero-order valence-electron chi connectivity index (χ0n) is 9.01. The Balaban J connectivity index is 2.15. The maximum absolute atomic E-state index is 5.86. The molecule has 1 aliphatic heterocycles. The largest absolute Gasteiger partial charge is 0.482 e. The average Bonchev–Trinajstić information content (AvgIpc) is 2.45. The minimum atomic E-state index is 0.0137. The van der Waals surface area contributed by atoms with E-state index in [0.29, 0.717) is 0 Å². The lowest BCUT2D eigenvalue weighted by Gasteiger charge is -2.12. The second-order valence-corrected chi connectivity index (χ2v) is 3.85. The Hall–Kier alpha value is -1.96. The summed E-state index contributed by atoms with van der Waals surface area (Å²) in [5, 5.41) is 0. The summed E-state index contributed by atoms with van der Waals surface area (Å²) in [6.07, 6.45) is 0.0137. The molecular weight excluding hydrogens is 200 g/mol. The van der Waals surface area contributed by atoms with Gasteiger partial charge in [-0.25, -0.2) is 0 Å². The SMILES string of the molecule is CC1Oc2ccccc2Oc2ccccc21. The Morgan fingerprint density at radius 3 is 2.25 bits per heavy atom. The van der Waals surface area contributed by atoms with Crippen LogP contribution in [-0.2, 0) is 0 Å². The number of hydrogen-bond acceptors (Lipinski definition) is 2. The summed E-state index contributed by atoms with van der Waals surface area (Å²) in [6.45, 7) is 2.03. The third kappa shape index (κ3) is 1.43. The van der Waals surface area contributed by atoms with Crippen molar-refractivity contribution in [2.75, 3.05) is 0 Å².